The lowest BCUT2D eigenvalue weighted by Crippen LogP contribution is -2.35. The van der Waals surface area contributed by atoms with E-state index < -0.39 is 17.8 Å². The number of amides is 2. The summed E-state index contributed by atoms with van der Waals surface area (Å²) >= 11 is 3.12. The van der Waals surface area contributed by atoms with Crippen molar-refractivity contribution >= 4 is 39.8 Å². The highest BCUT2D eigenvalue weighted by Gasteiger charge is 2.18. The van der Waals surface area contributed by atoms with Gasteiger partial charge in [-0.2, -0.15) is 0 Å². The van der Waals surface area contributed by atoms with Gasteiger partial charge in [-0.3, -0.25) is 14.4 Å². The number of carboxylic acid groups (broad SMARTS) is 1. The molecule has 152 valence electrons. The number of carbonyl (C=O) groups is 3. The van der Waals surface area contributed by atoms with Gasteiger partial charge < -0.3 is 29.6 Å². The lowest BCUT2D eigenvalue weighted by molar-refractivity contribution is -0.137. The normalized spacial score (nSPS) is 12.5. The van der Waals surface area contributed by atoms with Crippen molar-refractivity contribution < 1.29 is 33.4 Å². The summed E-state index contributed by atoms with van der Waals surface area (Å²) in [4.78, 5) is 35.6. The first-order valence-corrected chi connectivity index (χ1v) is 9.39. The minimum Gasteiger partial charge on any atom is -0.481 e. The van der Waals surface area contributed by atoms with E-state index in [1.54, 1.807) is 24.3 Å². The van der Waals surface area contributed by atoms with Crippen LogP contribution in [-0.2, 0) is 9.59 Å². The molecule has 0 saturated heterocycles. The Labute approximate surface area is 173 Å². The second kappa shape index (κ2) is 9.28. The number of halogens is 1. The summed E-state index contributed by atoms with van der Waals surface area (Å²) in [5.74, 6) is -0.984. The molecule has 1 aliphatic heterocycles. The Hall–Kier alpha value is -3.27. The van der Waals surface area contributed by atoms with Gasteiger partial charge in [0, 0.05) is 13.0 Å². The molecule has 29 heavy (non-hydrogen) atoms. The van der Waals surface area contributed by atoms with Gasteiger partial charge in [-0.25, -0.2) is 0 Å². The van der Waals surface area contributed by atoms with E-state index in [1.807, 2.05) is 0 Å². The molecular formula is C19H17BrN2O7. The number of carboxylic acids is 1. The number of furan rings is 1. The van der Waals surface area contributed by atoms with E-state index in [9.17, 15) is 14.4 Å². The van der Waals surface area contributed by atoms with Crippen molar-refractivity contribution in [2.45, 2.75) is 12.8 Å². The molecule has 0 aliphatic carbocycles. The van der Waals surface area contributed by atoms with E-state index >= 15 is 0 Å². The van der Waals surface area contributed by atoms with Crippen LogP contribution >= 0.6 is 15.9 Å². The zero-order chi connectivity index (χ0) is 20.8. The van der Waals surface area contributed by atoms with Crippen molar-refractivity contribution in [2.75, 3.05) is 13.3 Å². The summed E-state index contributed by atoms with van der Waals surface area (Å²) in [6, 6.07) is 8.10. The van der Waals surface area contributed by atoms with E-state index in [0.29, 0.717) is 21.7 Å². The number of hydrogen-bond donors (Lipinski definition) is 3. The third-order valence-electron chi connectivity index (χ3n) is 3.85. The molecule has 1 aromatic heterocycles. The van der Waals surface area contributed by atoms with Crippen molar-refractivity contribution in [1.29, 1.82) is 0 Å². The molecule has 3 N–H and O–H groups in total. The maximum Gasteiger partial charge on any atom is 0.303 e. The number of benzene rings is 1. The first-order chi connectivity index (χ1) is 13.9. The Morgan fingerprint density at radius 2 is 1.93 bits per heavy atom. The van der Waals surface area contributed by atoms with E-state index in [2.05, 4.69) is 26.6 Å². The molecule has 0 radical (unpaired) electrons. The molecule has 2 amide bonds. The molecule has 0 spiro atoms. The minimum atomic E-state index is -0.952. The molecule has 2 heterocycles. The van der Waals surface area contributed by atoms with Crippen LogP contribution in [0.1, 0.15) is 29.0 Å². The van der Waals surface area contributed by atoms with Gasteiger partial charge in [0.2, 0.25) is 6.79 Å². The fraction of sp³-hybridized carbons (Fsp3) is 0.211. The Bertz CT molecular complexity index is 967. The lowest BCUT2D eigenvalue weighted by atomic mass is 10.1. The van der Waals surface area contributed by atoms with Gasteiger partial charge in [0.05, 0.1) is 0 Å². The summed E-state index contributed by atoms with van der Waals surface area (Å²) in [6.45, 7) is 0.259. The standard InChI is InChI=1S/C19H17BrN2O7/c20-16-6-5-14(29-16)19(26)22-12(18(25)21-7-1-2-17(23)24)8-11-3-4-13-15(9-11)28-10-27-13/h3-6,8-9H,1-2,7,10H2,(H,21,25)(H,22,26)(H,23,24)/b12-8-. The Kier molecular flexibility index (Phi) is 6.55. The molecule has 9 nitrogen and oxygen atoms in total. The fourth-order valence-corrected chi connectivity index (χ4v) is 2.79. The Balaban J connectivity index is 1.77. The van der Waals surface area contributed by atoms with Crippen LogP contribution in [0.25, 0.3) is 6.08 Å². The SMILES string of the molecule is O=C(O)CCCNC(=O)/C(=C/c1ccc2c(c1)OCO2)NC(=O)c1ccc(Br)o1. The summed E-state index contributed by atoms with van der Waals surface area (Å²) in [5, 5.41) is 13.8. The first kappa shape index (κ1) is 20.5. The van der Waals surface area contributed by atoms with Crippen molar-refractivity contribution in [1.82, 2.24) is 10.6 Å². The van der Waals surface area contributed by atoms with Gasteiger partial charge in [-0.15, -0.1) is 0 Å². The summed E-state index contributed by atoms with van der Waals surface area (Å²) in [5.41, 5.74) is 0.572. The molecule has 0 atom stereocenters. The molecule has 1 aromatic carbocycles. The van der Waals surface area contributed by atoms with Crippen LogP contribution in [-0.4, -0.2) is 36.2 Å². The predicted octanol–water partition coefficient (Wildman–Crippen LogP) is 2.52. The number of hydrogen-bond acceptors (Lipinski definition) is 6. The van der Waals surface area contributed by atoms with Gasteiger partial charge in [0.15, 0.2) is 21.9 Å². The number of carbonyl (C=O) groups excluding carboxylic acids is 2. The molecule has 0 fully saturated rings. The molecule has 10 heteroatoms. The van der Waals surface area contributed by atoms with Gasteiger partial charge in [-0.05, 0) is 58.3 Å². The van der Waals surface area contributed by atoms with Crippen molar-refractivity contribution in [3.05, 3.63) is 52.0 Å². The molecule has 0 bridgehead atoms. The summed E-state index contributed by atoms with van der Waals surface area (Å²) in [6.07, 6.45) is 1.66. The second-order valence-corrected chi connectivity index (χ2v) is 6.76. The van der Waals surface area contributed by atoms with Gasteiger partial charge >= 0.3 is 5.97 Å². The lowest BCUT2D eigenvalue weighted by Gasteiger charge is -2.10. The van der Waals surface area contributed by atoms with Crippen LogP contribution in [0.5, 0.6) is 11.5 Å². The van der Waals surface area contributed by atoms with E-state index in [0.717, 1.165) is 0 Å². The quantitative estimate of drug-likeness (QED) is 0.404. The highest BCUT2D eigenvalue weighted by atomic mass is 79.9. The molecule has 2 aromatic rings. The Morgan fingerprint density at radius 1 is 1.14 bits per heavy atom. The topological polar surface area (TPSA) is 127 Å². The van der Waals surface area contributed by atoms with Crippen molar-refractivity contribution in [3.63, 3.8) is 0 Å². The fourth-order valence-electron chi connectivity index (χ4n) is 2.48. The largest absolute Gasteiger partial charge is 0.481 e. The molecule has 0 unspecified atom stereocenters. The average Bonchev–Trinajstić information content (AvgIpc) is 3.32. The summed E-state index contributed by atoms with van der Waals surface area (Å²) in [7, 11) is 0. The van der Waals surface area contributed by atoms with Gasteiger partial charge in [-0.1, -0.05) is 6.07 Å². The highest BCUT2D eigenvalue weighted by Crippen LogP contribution is 2.33. The monoisotopic (exact) mass is 464 g/mol. The number of nitrogens with one attached hydrogen (secondary N) is 2. The molecular weight excluding hydrogens is 448 g/mol. The van der Waals surface area contributed by atoms with Crippen molar-refractivity contribution in [3.8, 4) is 11.5 Å². The third-order valence-corrected chi connectivity index (χ3v) is 4.28. The maximum atomic E-state index is 12.6. The van der Waals surface area contributed by atoms with Crippen LogP contribution in [0.15, 0.2) is 45.1 Å². The number of aliphatic carboxylic acids is 1. The third kappa shape index (κ3) is 5.61. The van der Waals surface area contributed by atoms with Gasteiger partial charge in [0.1, 0.15) is 5.70 Å². The minimum absolute atomic E-state index is 0.0205. The highest BCUT2D eigenvalue weighted by molar-refractivity contribution is 9.10. The van der Waals surface area contributed by atoms with Crippen LogP contribution in [0.2, 0.25) is 0 Å². The number of ether oxygens (including phenoxy) is 2. The van der Waals surface area contributed by atoms with Crippen LogP contribution < -0.4 is 20.1 Å². The van der Waals surface area contributed by atoms with E-state index in [-0.39, 0.29) is 37.6 Å². The van der Waals surface area contributed by atoms with Crippen LogP contribution in [0.3, 0.4) is 0 Å². The average molecular weight is 465 g/mol. The van der Waals surface area contributed by atoms with E-state index in [4.69, 9.17) is 19.0 Å². The molecule has 1 aliphatic rings. The maximum absolute atomic E-state index is 12.6. The Morgan fingerprint density at radius 3 is 2.66 bits per heavy atom. The van der Waals surface area contributed by atoms with Crippen LogP contribution in [0, 0.1) is 0 Å². The molecule has 3 rings (SSSR count). The van der Waals surface area contributed by atoms with E-state index in [1.165, 1.54) is 12.1 Å². The summed E-state index contributed by atoms with van der Waals surface area (Å²) < 4.78 is 16.2. The smallest absolute Gasteiger partial charge is 0.303 e. The van der Waals surface area contributed by atoms with Crippen LogP contribution in [0.4, 0.5) is 0 Å². The van der Waals surface area contributed by atoms with Gasteiger partial charge in [0.25, 0.3) is 11.8 Å². The second-order valence-electron chi connectivity index (χ2n) is 5.98. The first-order valence-electron chi connectivity index (χ1n) is 8.60. The number of fused-ring (bicyclic) bond motifs is 1. The molecule has 0 saturated carbocycles. The van der Waals surface area contributed by atoms with Crippen molar-refractivity contribution in [2.24, 2.45) is 0 Å². The predicted molar refractivity (Wildman–Crippen MR) is 104 cm³/mol. The zero-order valence-corrected chi connectivity index (χ0v) is 16.7. The number of rotatable bonds is 8. The zero-order valence-electron chi connectivity index (χ0n) is 15.1.